The molecule has 2 atom stereocenters. The molecule has 2 unspecified atom stereocenters. The van der Waals surface area contributed by atoms with Crippen LogP contribution in [0.1, 0.15) is 24.5 Å². The van der Waals surface area contributed by atoms with Gasteiger partial charge in [-0.25, -0.2) is 4.39 Å². The Balaban J connectivity index is 1.95. The summed E-state index contributed by atoms with van der Waals surface area (Å²) in [4.78, 5) is 1.26. The van der Waals surface area contributed by atoms with Gasteiger partial charge in [0.05, 0.1) is 0 Å². The topological polar surface area (TPSA) is 0 Å². The van der Waals surface area contributed by atoms with Crippen LogP contribution >= 0.6 is 11.8 Å². The fourth-order valence-electron chi connectivity index (χ4n) is 2.10. The first-order valence-electron chi connectivity index (χ1n) is 5.26. The van der Waals surface area contributed by atoms with Crippen LogP contribution in [-0.4, -0.2) is 4.75 Å². The van der Waals surface area contributed by atoms with E-state index < -0.39 is 0 Å². The Labute approximate surface area is 93.6 Å². The van der Waals surface area contributed by atoms with Gasteiger partial charge in [0, 0.05) is 9.65 Å². The van der Waals surface area contributed by atoms with Gasteiger partial charge in [0.2, 0.25) is 0 Å². The van der Waals surface area contributed by atoms with Crippen molar-refractivity contribution in [3.63, 3.8) is 0 Å². The third-order valence-electron chi connectivity index (χ3n) is 3.40. The quantitative estimate of drug-likeness (QED) is 0.689. The predicted molar refractivity (Wildman–Crippen MR) is 63.2 cm³/mol. The molecule has 15 heavy (non-hydrogen) atoms. The first kappa shape index (κ1) is 9.46. The van der Waals surface area contributed by atoms with Crippen molar-refractivity contribution >= 4 is 16.7 Å². The highest BCUT2D eigenvalue weighted by molar-refractivity contribution is 8.10. The Morgan fingerprint density at radius 2 is 2.27 bits per heavy atom. The first-order valence-corrected chi connectivity index (χ1v) is 6.07. The number of rotatable bonds is 1. The Bertz CT molecular complexity index is 464. The number of aryl methyl sites for hydroxylation is 1. The molecule has 0 N–H and O–H groups in total. The molecule has 0 saturated heterocycles. The predicted octanol–water partition coefficient (Wildman–Crippen LogP) is 4.00. The highest BCUT2D eigenvalue weighted by atomic mass is 32.2. The van der Waals surface area contributed by atoms with Crippen LogP contribution in [0.5, 0.6) is 0 Å². The lowest BCUT2D eigenvalue weighted by Crippen LogP contribution is -1.92. The van der Waals surface area contributed by atoms with Crippen molar-refractivity contribution in [3.8, 4) is 0 Å². The summed E-state index contributed by atoms with van der Waals surface area (Å²) < 4.78 is 13.8. The van der Waals surface area contributed by atoms with Gasteiger partial charge in [0.1, 0.15) is 5.82 Å². The monoisotopic (exact) mass is 220 g/mol. The lowest BCUT2D eigenvalue weighted by Gasteiger charge is -2.08. The van der Waals surface area contributed by atoms with Gasteiger partial charge in [-0.1, -0.05) is 18.2 Å². The summed E-state index contributed by atoms with van der Waals surface area (Å²) in [7, 11) is 0. The van der Waals surface area contributed by atoms with Crippen LogP contribution in [0.3, 0.4) is 0 Å². The molecular formula is C13H13FS. The maximum Gasteiger partial charge on any atom is 0.126 e. The number of fused-ring (bicyclic) bond motifs is 1. The van der Waals surface area contributed by atoms with E-state index in [1.807, 2.05) is 23.9 Å². The molecule has 0 nitrogen and oxygen atoms in total. The van der Waals surface area contributed by atoms with E-state index in [1.54, 1.807) is 13.0 Å². The average Bonchev–Trinajstić information content (AvgIpc) is 2.70. The lowest BCUT2D eigenvalue weighted by molar-refractivity contribution is 0.618. The molecule has 0 bridgehead atoms. The molecule has 1 saturated carbocycles. The number of hydrogen-bond donors (Lipinski definition) is 0. The summed E-state index contributed by atoms with van der Waals surface area (Å²) >= 11 is 1.90. The van der Waals surface area contributed by atoms with E-state index in [1.165, 1.54) is 11.3 Å². The molecule has 0 amide bonds. The van der Waals surface area contributed by atoms with Gasteiger partial charge in [0.25, 0.3) is 0 Å². The van der Waals surface area contributed by atoms with Crippen LogP contribution in [0.15, 0.2) is 24.3 Å². The zero-order chi connectivity index (χ0) is 10.6. The Morgan fingerprint density at radius 3 is 2.87 bits per heavy atom. The molecule has 2 aliphatic rings. The molecule has 3 rings (SSSR count). The Kier molecular flexibility index (Phi) is 1.82. The minimum atomic E-state index is -0.0975. The fourth-order valence-corrected chi connectivity index (χ4v) is 3.56. The summed E-state index contributed by atoms with van der Waals surface area (Å²) in [6.07, 6.45) is 3.59. The van der Waals surface area contributed by atoms with E-state index in [4.69, 9.17) is 0 Å². The van der Waals surface area contributed by atoms with Gasteiger partial charge in [-0.05, 0) is 43.4 Å². The molecule has 1 aromatic carbocycles. The van der Waals surface area contributed by atoms with Crippen LogP contribution in [0, 0.1) is 18.7 Å². The first-order chi connectivity index (χ1) is 7.08. The highest BCUT2D eigenvalue weighted by Gasteiger charge is 2.54. The van der Waals surface area contributed by atoms with Crippen LogP contribution in [0.2, 0.25) is 0 Å². The number of benzene rings is 1. The molecule has 0 aromatic heterocycles. The van der Waals surface area contributed by atoms with E-state index in [9.17, 15) is 4.39 Å². The number of allylic oxidation sites excluding steroid dienone is 1. The molecule has 1 aromatic rings. The molecule has 0 radical (unpaired) electrons. The van der Waals surface area contributed by atoms with Crippen molar-refractivity contribution in [2.45, 2.75) is 25.0 Å². The van der Waals surface area contributed by atoms with Gasteiger partial charge < -0.3 is 0 Å². The third kappa shape index (κ3) is 1.43. The lowest BCUT2D eigenvalue weighted by atomic mass is 10.1. The molecule has 1 aliphatic heterocycles. The Morgan fingerprint density at radius 1 is 1.47 bits per heavy atom. The van der Waals surface area contributed by atoms with E-state index >= 15 is 0 Å². The summed E-state index contributed by atoms with van der Waals surface area (Å²) in [5.74, 6) is 0.626. The normalized spacial score (nSPS) is 32.5. The van der Waals surface area contributed by atoms with Crippen molar-refractivity contribution < 1.29 is 4.39 Å². The molecule has 1 fully saturated rings. The van der Waals surface area contributed by atoms with E-state index in [0.29, 0.717) is 4.75 Å². The van der Waals surface area contributed by atoms with Crippen LogP contribution in [0.4, 0.5) is 4.39 Å². The summed E-state index contributed by atoms with van der Waals surface area (Å²) in [6, 6.07) is 5.53. The zero-order valence-corrected chi connectivity index (χ0v) is 9.70. The zero-order valence-electron chi connectivity index (χ0n) is 8.88. The smallest absolute Gasteiger partial charge is 0.126 e. The van der Waals surface area contributed by atoms with Crippen molar-refractivity contribution in [2.75, 3.05) is 0 Å². The van der Waals surface area contributed by atoms with Crippen LogP contribution in [-0.2, 0) is 0 Å². The molecular weight excluding hydrogens is 207 g/mol. The van der Waals surface area contributed by atoms with Crippen molar-refractivity contribution in [3.05, 3.63) is 41.2 Å². The maximum absolute atomic E-state index is 13.4. The maximum atomic E-state index is 13.4. The van der Waals surface area contributed by atoms with Crippen molar-refractivity contribution in [1.29, 1.82) is 0 Å². The van der Waals surface area contributed by atoms with Gasteiger partial charge in [-0.15, -0.1) is 11.8 Å². The second-order valence-corrected chi connectivity index (χ2v) is 6.30. The largest absolute Gasteiger partial charge is 0.207 e. The minimum absolute atomic E-state index is 0.0975. The van der Waals surface area contributed by atoms with Gasteiger partial charge in [-0.3, -0.25) is 0 Å². The Hall–Kier alpha value is -0.760. The standard InChI is InChI=1S/C13H13FS/c1-8-3-4-9(5-11(8)14)12-6-10-7-13(10,2)15-12/h3-6,10H,7H2,1-2H3. The van der Waals surface area contributed by atoms with E-state index in [0.717, 1.165) is 17.0 Å². The van der Waals surface area contributed by atoms with E-state index in [-0.39, 0.29) is 5.82 Å². The SMILES string of the molecule is Cc1ccc(C2=CC3CC3(C)S2)cc1F. The third-order valence-corrected chi connectivity index (χ3v) is 4.93. The molecule has 1 heterocycles. The molecule has 0 spiro atoms. The molecule has 78 valence electrons. The summed E-state index contributed by atoms with van der Waals surface area (Å²) in [5.41, 5.74) is 1.76. The minimum Gasteiger partial charge on any atom is -0.207 e. The summed E-state index contributed by atoms with van der Waals surface area (Å²) in [6.45, 7) is 4.09. The fraction of sp³-hybridized carbons (Fsp3) is 0.385. The van der Waals surface area contributed by atoms with Crippen molar-refractivity contribution in [2.24, 2.45) is 5.92 Å². The van der Waals surface area contributed by atoms with Gasteiger partial charge in [-0.2, -0.15) is 0 Å². The average molecular weight is 220 g/mol. The molecule has 2 heteroatoms. The van der Waals surface area contributed by atoms with Gasteiger partial charge in [0.15, 0.2) is 0 Å². The number of thioether (sulfide) groups is 1. The second kappa shape index (κ2) is 2.88. The van der Waals surface area contributed by atoms with E-state index in [2.05, 4.69) is 13.0 Å². The number of halogens is 1. The van der Waals surface area contributed by atoms with Gasteiger partial charge >= 0.3 is 0 Å². The van der Waals surface area contributed by atoms with Crippen molar-refractivity contribution in [1.82, 2.24) is 0 Å². The van der Waals surface area contributed by atoms with Crippen LogP contribution in [0.25, 0.3) is 4.91 Å². The van der Waals surface area contributed by atoms with Crippen LogP contribution < -0.4 is 0 Å². The second-order valence-electron chi connectivity index (χ2n) is 4.72. The summed E-state index contributed by atoms with van der Waals surface area (Å²) in [5, 5.41) is 0. The highest BCUT2D eigenvalue weighted by Crippen LogP contribution is 2.64. The number of hydrogen-bond acceptors (Lipinski definition) is 1. The molecule has 1 aliphatic carbocycles.